The largest absolute Gasteiger partial charge is 0.544 e. The molecule has 2 nitrogen and oxygen atoms in total. The average Bonchev–Trinajstić information content (AvgIpc) is 2.00. The SMILES string of the molecule is CC(C)(O)c1ccc(O[Si](C)(C)C)cc1. The lowest BCUT2D eigenvalue weighted by Gasteiger charge is -2.21. The Morgan fingerprint density at radius 1 is 1.07 bits per heavy atom. The van der Waals surface area contributed by atoms with Gasteiger partial charge in [0.1, 0.15) is 5.75 Å². The van der Waals surface area contributed by atoms with Crippen molar-refractivity contribution in [3.05, 3.63) is 29.8 Å². The second-order valence-electron chi connectivity index (χ2n) is 5.30. The molecule has 1 aromatic rings. The van der Waals surface area contributed by atoms with Gasteiger partial charge in [-0.3, -0.25) is 0 Å². The van der Waals surface area contributed by atoms with Crippen LogP contribution >= 0.6 is 0 Å². The fraction of sp³-hybridized carbons (Fsp3) is 0.500. The molecule has 0 atom stereocenters. The summed E-state index contributed by atoms with van der Waals surface area (Å²) in [5.74, 6) is 0.891. The molecule has 0 aliphatic rings. The van der Waals surface area contributed by atoms with Crippen LogP contribution in [-0.4, -0.2) is 13.4 Å². The van der Waals surface area contributed by atoms with Crippen molar-refractivity contribution in [1.29, 1.82) is 0 Å². The van der Waals surface area contributed by atoms with Gasteiger partial charge in [-0.15, -0.1) is 0 Å². The molecule has 0 bridgehead atoms. The molecule has 84 valence electrons. The van der Waals surface area contributed by atoms with Crippen molar-refractivity contribution in [2.24, 2.45) is 0 Å². The highest BCUT2D eigenvalue weighted by Crippen LogP contribution is 2.23. The van der Waals surface area contributed by atoms with Gasteiger partial charge in [0.2, 0.25) is 8.32 Å². The molecule has 0 aromatic heterocycles. The van der Waals surface area contributed by atoms with Crippen molar-refractivity contribution < 1.29 is 9.53 Å². The number of hydrogen-bond acceptors (Lipinski definition) is 2. The quantitative estimate of drug-likeness (QED) is 0.799. The van der Waals surface area contributed by atoms with E-state index in [-0.39, 0.29) is 0 Å². The van der Waals surface area contributed by atoms with Crippen LogP contribution in [0.15, 0.2) is 24.3 Å². The first-order valence-corrected chi connectivity index (χ1v) is 8.61. The van der Waals surface area contributed by atoms with Gasteiger partial charge in [0.25, 0.3) is 0 Å². The smallest absolute Gasteiger partial charge is 0.242 e. The monoisotopic (exact) mass is 224 g/mol. The van der Waals surface area contributed by atoms with E-state index in [2.05, 4.69) is 19.6 Å². The van der Waals surface area contributed by atoms with E-state index in [0.717, 1.165) is 11.3 Å². The lowest BCUT2D eigenvalue weighted by molar-refractivity contribution is 0.0786. The molecule has 0 saturated carbocycles. The summed E-state index contributed by atoms with van der Waals surface area (Å²) in [6, 6.07) is 7.67. The molecule has 15 heavy (non-hydrogen) atoms. The molecule has 1 rings (SSSR count). The molecule has 0 fully saturated rings. The van der Waals surface area contributed by atoms with Crippen LogP contribution < -0.4 is 4.43 Å². The van der Waals surface area contributed by atoms with Gasteiger partial charge in [-0.1, -0.05) is 12.1 Å². The number of aliphatic hydroxyl groups is 1. The molecule has 0 aliphatic heterocycles. The van der Waals surface area contributed by atoms with E-state index >= 15 is 0 Å². The number of hydrogen-bond donors (Lipinski definition) is 1. The highest BCUT2D eigenvalue weighted by molar-refractivity contribution is 6.70. The Kier molecular flexibility index (Phi) is 3.26. The topological polar surface area (TPSA) is 29.5 Å². The summed E-state index contributed by atoms with van der Waals surface area (Å²) in [6.07, 6.45) is 0. The molecule has 1 N–H and O–H groups in total. The number of rotatable bonds is 3. The zero-order valence-corrected chi connectivity index (χ0v) is 11.2. The van der Waals surface area contributed by atoms with E-state index in [1.165, 1.54) is 0 Å². The van der Waals surface area contributed by atoms with Crippen molar-refractivity contribution in [3.63, 3.8) is 0 Å². The second kappa shape index (κ2) is 3.98. The third-order valence-electron chi connectivity index (χ3n) is 1.98. The van der Waals surface area contributed by atoms with E-state index in [1.54, 1.807) is 13.8 Å². The molecule has 0 amide bonds. The van der Waals surface area contributed by atoms with Crippen LogP contribution in [-0.2, 0) is 5.60 Å². The van der Waals surface area contributed by atoms with E-state index in [9.17, 15) is 5.11 Å². The predicted octanol–water partition coefficient (Wildman–Crippen LogP) is 3.13. The minimum absolute atomic E-state index is 0.780. The van der Waals surface area contributed by atoms with Crippen LogP contribution in [0.2, 0.25) is 19.6 Å². The first-order chi connectivity index (χ1) is 6.68. The van der Waals surface area contributed by atoms with E-state index in [4.69, 9.17) is 4.43 Å². The molecule has 3 heteroatoms. The van der Waals surface area contributed by atoms with Gasteiger partial charge in [-0.25, -0.2) is 0 Å². The van der Waals surface area contributed by atoms with Crippen LogP contribution in [0.5, 0.6) is 5.75 Å². The zero-order valence-electron chi connectivity index (χ0n) is 10.2. The first-order valence-electron chi connectivity index (χ1n) is 5.20. The second-order valence-corrected chi connectivity index (χ2v) is 9.73. The Labute approximate surface area is 93.0 Å². The van der Waals surface area contributed by atoms with Crippen LogP contribution in [0.25, 0.3) is 0 Å². The highest BCUT2D eigenvalue weighted by Gasteiger charge is 2.18. The minimum Gasteiger partial charge on any atom is -0.544 e. The molecule has 0 aliphatic carbocycles. The summed E-state index contributed by atoms with van der Waals surface area (Å²) in [5, 5.41) is 9.78. The average molecular weight is 224 g/mol. The van der Waals surface area contributed by atoms with E-state index in [0.29, 0.717) is 0 Å². The first kappa shape index (κ1) is 12.3. The Bertz CT molecular complexity index is 317. The maximum atomic E-state index is 9.78. The normalized spacial score (nSPS) is 12.7. The molecule has 0 spiro atoms. The number of benzene rings is 1. The van der Waals surface area contributed by atoms with Crippen LogP contribution in [0.3, 0.4) is 0 Å². The fourth-order valence-corrected chi connectivity index (χ4v) is 2.13. The maximum Gasteiger partial charge on any atom is 0.242 e. The lowest BCUT2D eigenvalue weighted by Crippen LogP contribution is -2.29. The Hall–Kier alpha value is -0.803. The molecule has 0 saturated heterocycles. The predicted molar refractivity (Wildman–Crippen MR) is 65.7 cm³/mol. The van der Waals surface area contributed by atoms with Crippen LogP contribution in [0.4, 0.5) is 0 Å². The maximum absolute atomic E-state index is 9.78. The van der Waals surface area contributed by atoms with Crippen molar-refractivity contribution in [1.82, 2.24) is 0 Å². The molecule has 1 aromatic carbocycles. The van der Waals surface area contributed by atoms with Crippen LogP contribution in [0, 0.1) is 0 Å². The molecule has 0 radical (unpaired) electrons. The standard InChI is InChI=1S/C12H20O2Si/c1-12(2,13)10-6-8-11(9-7-10)14-15(3,4)5/h6-9,13H,1-5H3. The minimum atomic E-state index is -1.52. The summed E-state index contributed by atoms with van der Waals surface area (Å²) in [7, 11) is -1.52. The van der Waals surface area contributed by atoms with Gasteiger partial charge in [0.15, 0.2) is 0 Å². The van der Waals surface area contributed by atoms with Crippen molar-refractivity contribution >= 4 is 8.32 Å². The summed E-state index contributed by atoms with van der Waals surface area (Å²) in [4.78, 5) is 0. The fourth-order valence-electron chi connectivity index (χ4n) is 1.28. The van der Waals surface area contributed by atoms with Crippen molar-refractivity contribution in [2.45, 2.75) is 39.1 Å². The zero-order chi connectivity index (χ0) is 11.7. The van der Waals surface area contributed by atoms with Crippen molar-refractivity contribution in [3.8, 4) is 5.75 Å². The molecule has 0 heterocycles. The lowest BCUT2D eigenvalue weighted by atomic mass is 9.99. The van der Waals surface area contributed by atoms with Gasteiger partial charge in [0, 0.05) is 0 Å². The van der Waals surface area contributed by atoms with Crippen molar-refractivity contribution in [2.75, 3.05) is 0 Å². The van der Waals surface area contributed by atoms with E-state index in [1.807, 2.05) is 24.3 Å². The van der Waals surface area contributed by atoms with Gasteiger partial charge in [0.05, 0.1) is 5.60 Å². The Balaban J connectivity index is 2.82. The Morgan fingerprint density at radius 3 is 1.87 bits per heavy atom. The molecule has 0 unspecified atom stereocenters. The molecular weight excluding hydrogens is 204 g/mol. The highest BCUT2D eigenvalue weighted by atomic mass is 28.4. The summed E-state index contributed by atoms with van der Waals surface area (Å²) < 4.78 is 5.83. The summed E-state index contributed by atoms with van der Waals surface area (Å²) >= 11 is 0. The van der Waals surface area contributed by atoms with Gasteiger partial charge in [-0.2, -0.15) is 0 Å². The van der Waals surface area contributed by atoms with E-state index < -0.39 is 13.9 Å². The summed E-state index contributed by atoms with van der Waals surface area (Å²) in [5.41, 5.74) is 0.128. The van der Waals surface area contributed by atoms with Gasteiger partial charge >= 0.3 is 0 Å². The van der Waals surface area contributed by atoms with Gasteiger partial charge < -0.3 is 9.53 Å². The van der Waals surface area contributed by atoms with Gasteiger partial charge in [-0.05, 0) is 51.2 Å². The summed E-state index contributed by atoms with van der Waals surface area (Å²) in [6.45, 7) is 10.0. The van der Waals surface area contributed by atoms with Crippen LogP contribution in [0.1, 0.15) is 19.4 Å². The third-order valence-corrected chi connectivity index (χ3v) is 2.83. The third kappa shape index (κ3) is 4.06. The molecular formula is C12H20O2Si. The Morgan fingerprint density at radius 2 is 1.53 bits per heavy atom.